The van der Waals surface area contributed by atoms with Gasteiger partial charge in [0.2, 0.25) is 11.0 Å². The van der Waals surface area contributed by atoms with Crippen molar-refractivity contribution in [2.45, 2.75) is 30.7 Å². The Balaban J connectivity index is 1.61. The van der Waals surface area contributed by atoms with Crippen molar-refractivity contribution in [1.29, 1.82) is 0 Å². The molecule has 5 rings (SSSR count). The van der Waals surface area contributed by atoms with Crippen LogP contribution in [0.4, 0.5) is 8.78 Å². The Labute approximate surface area is 193 Å². The number of pyridine rings is 2. The number of rotatable bonds is 4. The van der Waals surface area contributed by atoms with Crippen LogP contribution in [0.3, 0.4) is 0 Å². The molecular formula is C24H21ClF2N4O2. The number of hydrogen-bond acceptors (Lipinski definition) is 3. The van der Waals surface area contributed by atoms with Crippen LogP contribution in [0.25, 0.3) is 22.3 Å². The molecule has 0 N–H and O–H groups in total. The normalized spacial score (nSPS) is 22.7. The van der Waals surface area contributed by atoms with Crippen LogP contribution in [0.15, 0.2) is 65.9 Å². The molecule has 33 heavy (non-hydrogen) atoms. The molecule has 0 aromatic carbocycles. The summed E-state index contributed by atoms with van der Waals surface area (Å²) in [5.41, 5.74) is 1.50. The molecule has 2 unspecified atom stereocenters. The van der Waals surface area contributed by atoms with Crippen molar-refractivity contribution in [1.82, 2.24) is 19.0 Å². The largest absolute Gasteiger partial charge is 0.338 e. The van der Waals surface area contributed by atoms with Gasteiger partial charge in [0.25, 0.3) is 5.56 Å². The summed E-state index contributed by atoms with van der Waals surface area (Å²) in [5, 5.41) is -1.57. The summed E-state index contributed by atoms with van der Waals surface area (Å²) in [4.78, 5) is 32.0. The number of carbonyl (C=O) groups excluding carboxylic acids is 1. The van der Waals surface area contributed by atoms with Crippen LogP contribution in [0.1, 0.15) is 18.4 Å². The van der Waals surface area contributed by atoms with Gasteiger partial charge in [-0.25, -0.2) is 13.8 Å². The Morgan fingerprint density at radius 3 is 2.82 bits per heavy atom. The maximum absolute atomic E-state index is 14.1. The Kier molecular flexibility index (Phi) is 5.40. The third kappa shape index (κ3) is 4.11. The highest BCUT2D eigenvalue weighted by Crippen LogP contribution is 2.35. The number of fused-ring (bicyclic) bond motifs is 1. The molecule has 0 bridgehead atoms. The molecule has 1 fully saturated rings. The third-order valence-corrected chi connectivity index (χ3v) is 6.31. The minimum atomic E-state index is -1.96. The van der Waals surface area contributed by atoms with Crippen LogP contribution in [-0.4, -0.2) is 49.3 Å². The van der Waals surface area contributed by atoms with Gasteiger partial charge in [-0.2, -0.15) is 0 Å². The SMILES string of the molecule is O=C(Cn1ccc2c(c(C3=CCC(F)(Cl)C=C3)cn2-c2ccccn2)c1=O)N1CCC(F)C1. The molecule has 3 aromatic rings. The van der Waals surface area contributed by atoms with Crippen LogP contribution >= 0.6 is 11.6 Å². The van der Waals surface area contributed by atoms with E-state index >= 15 is 0 Å². The molecule has 1 aliphatic carbocycles. The van der Waals surface area contributed by atoms with Gasteiger partial charge in [0.15, 0.2) is 0 Å². The summed E-state index contributed by atoms with van der Waals surface area (Å²) in [6.07, 6.45) is 8.72. The number of alkyl halides is 3. The molecule has 4 heterocycles. The van der Waals surface area contributed by atoms with Gasteiger partial charge in [-0.3, -0.25) is 9.59 Å². The van der Waals surface area contributed by atoms with E-state index in [1.165, 1.54) is 15.5 Å². The topological polar surface area (TPSA) is 60.1 Å². The number of amides is 1. The Morgan fingerprint density at radius 2 is 2.15 bits per heavy atom. The summed E-state index contributed by atoms with van der Waals surface area (Å²) in [6, 6.07) is 7.20. The quantitative estimate of drug-likeness (QED) is 0.541. The van der Waals surface area contributed by atoms with Crippen LogP contribution in [0.2, 0.25) is 0 Å². The molecule has 2 atom stereocenters. The molecule has 3 aromatic heterocycles. The monoisotopic (exact) mass is 470 g/mol. The predicted octanol–water partition coefficient (Wildman–Crippen LogP) is 4.01. The number of hydrogen-bond donors (Lipinski definition) is 0. The Morgan fingerprint density at radius 1 is 1.30 bits per heavy atom. The van der Waals surface area contributed by atoms with Crippen LogP contribution in [-0.2, 0) is 11.3 Å². The molecule has 1 amide bonds. The van der Waals surface area contributed by atoms with Crippen molar-refractivity contribution in [2.75, 3.05) is 13.1 Å². The van der Waals surface area contributed by atoms with Crippen molar-refractivity contribution in [3.05, 3.63) is 77.0 Å². The second-order valence-electron chi connectivity index (χ2n) is 8.29. The molecule has 1 aliphatic heterocycles. The van der Waals surface area contributed by atoms with Gasteiger partial charge >= 0.3 is 0 Å². The van der Waals surface area contributed by atoms with Gasteiger partial charge in [0.05, 0.1) is 17.4 Å². The number of halogens is 3. The van der Waals surface area contributed by atoms with E-state index in [2.05, 4.69) is 4.98 Å². The van der Waals surface area contributed by atoms with Crippen molar-refractivity contribution >= 4 is 34.0 Å². The summed E-state index contributed by atoms with van der Waals surface area (Å²) < 4.78 is 30.7. The fourth-order valence-electron chi connectivity index (χ4n) is 4.29. The predicted molar refractivity (Wildman–Crippen MR) is 123 cm³/mol. The number of allylic oxidation sites excluding steroid dienone is 4. The third-order valence-electron chi connectivity index (χ3n) is 6.03. The van der Waals surface area contributed by atoms with E-state index in [1.54, 1.807) is 47.4 Å². The zero-order valence-electron chi connectivity index (χ0n) is 17.6. The number of aromatic nitrogens is 3. The van der Waals surface area contributed by atoms with E-state index in [-0.39, 0.29) is 31.0 Å². The molecule has 6 nitrogen and oxygen atoms in total. The summed E-state index contributed by atoms with van der Waals surface area (Å²) >= 11 is 5.78. The van der Waals surface area contributed by atoms with Gasteiger partial charge < -0.3 is 14.0 Å². The van der Waals surface area contributed by atoms with E-state index in [0.29, 0.717) is 40.8 Å². The van der Waals surface area contributed by atoms with Crippen LogP contribution in [0, 0.1) is 0 Å². The Hall–Kier alpha value is -3.26. The maximum Gasteiger partial charge on any atom is 0.261 e. The van der Waals surface area contributed by atoms with Gasteiger partial charge in [-0.15, -0.1) is 0 Å². The lowest BCUT2D eigenvalue weighted by Gasteiger charge is -2.17. The first-order valence-electron chi connectivity index (χ1n) is 10.7. The lowest BCUT2D eigenvalue weighted by molar-refractivity contribution is -0.131. The molecule has 1 saturated heterocycles. The molecule has 170 valence electrons. The molecule has 0 radical (unpaired) electrons. The molecular weight excluding hydrogens is 450 g/mol. The Bertz CT molecular complexity index is 1340. The van der Waals surface area contributed by atoms with E-state index in [9.17, 15) is 18.4 Å². The lowest BCUT2D eigenvalue weighted by Crippen LogP contribution is -2.35. The minimum absolute atomic E-state index is 0.0322. The second kappa shape index (κ2) is 8.26. The fourth-order valence-corrected chi connectivity index (χ4v) is 4.43. The van der Waals surface area contributed by atoms with E-state index in [1.807, 2.05) is 12.1 Å². The first kappa shape index (κ1) is 21.6. The highest BCUT2D eigenvalue weighted by Gasteiger charge is 2.28. The maximum atomic E-state index is 14.1. The average molecular weight is 471 g/mol. The average Bonchev–Trinajstić information content (AvgIpc) is 3.41. The van der Waals surface area contributed by atoms with E-state index in [4.69, 9.17) is 11.6 Å². The standard InChI is InChI=1S/C24H21ClF2N4O2/c25-24(27)8-4-16(5-9-24)18-14-31(20-3-1-2-10-28-20)19-7-12-30(23(33)22(18)19)15-21(32)29-11-6-17(26)13-29/h1-5,7-8,10,12,14,17H,6,9,11,13,15H2. The zero-order valence-corrected chi connectivity index (χ0v) is 18.4. The number of nitrogens with zero attached hydrogens (tertiary/aromatic N) is 4. The van der Waals surface area contributed by atoms with Crippen molar-refractivity contribution in [3.8, 4) is 5.82 Å². The van der Waals surface area contributed by atoms with Gasteiger partial charge in [0.1, 0.15) is 18.5 Å². The van der Waals surface area contributed by atoms with Crippen LogP contribution in [0.5, 0.6) is 0 Å². The number of likely N-dealkylation sites (tertiary alicyclic amines) is 1. The van der Waals surface area contributed by atoms with Gasteiger partial charge in [-0.1, -0.05) is 29.8 Å². The van der Waals surface area contributed by atoms with Crippen molar-refractivity contribution in [2.24, 2.45) is 0 Å². The zero-order chi connectivity index (χ0) is 23.2. The molecule has 2 aliphatic rings. The fraction of sp³-hybridized carbons (Fsp3) is 0.292. The van der Waals surface area contributed by atoms with E-state index in [0.717, 1.165) is 0 Å². The second-order valence-corrected chi connectivity index (χ2v) is 8.92. The highest BCUT2D eigenvalue weighted by atomic mass is 35.5. The summed E-state index contributed by atoms with van der Waals surface area (Å²) in [5.74, 6) is 0.314. The van der Waals surface area contributed by atoms with Crippen LogP contribution < -0.4 is 5.56 Å². The summed E-state index contributed by atoms with van der Waals surface area (Å²) in [6.45, 7) is 0.220. The smallest absolute Gasteiger partial charge is 0.261 e. The number of carbonyl (C=O) groups is 1. The van der Waals surface area contributed by atoms with Crippen molar-refractivity contribution in [3.63, 3.8) is 0 Å². The van der Waals surface area contributed by atoms with E-state index < -0.39 is 11.3 Å². The minimum Gasteiger partial charge on any atom is -0.338 e. The first-order valence-corrected chi connectivity index (χ1v) is 11.1. The molecule has 0 saturated carbocycles. The summed E-state index contributed by atoms with van der Waals surface area (Å²) in [7, 11) is 0. The highest BCUT2D eigenvalue weighted by molar-refractivity contribution is 6.24. The van der Waals surface area contributed by atoms with Gasteiger partial charge in [0, 0.05) is 37.1 Å². The molecule has 0 spiro atoms. The van der Waals surface area contributed by atoms with Crippen molar-refractivity contribution < 1.29 is 13.6 Å². The first-order chi connectivity index (χ1) is 15.8. The molecule has 9 heteroatoms. The van der Waals surface area contributed by atoms with Gasteiger partial charge in [-0.05, 0) is 36.3 Å². The lowest BCUT2D eigenvalue weighted by atomic mass is 9.98.